The standard InChI is InChI=1S/C13H19N3O3/c1-5-16(13(3,4)11(17)18)12(19)15-10-6-9(2)7-14-8-10/h6-8H,5H2,1-4H3,(H,15,19)(H,17,18). The van der Waals surface area contributed by atoms with Crippen LogP contribution in [0, 0.1) is 6.92 Å². The molecule has 6 heteroatoms. The zero-order chi connectivity index (χ0) is 14.6. The molecule has 1 heterocycles. The molecule has 1 rings (SSSR count). The number of anilines is 1. The molecule has 0 radical (unpaired) electrons. The second-order valence-corrected chi connectivity index (χ2v) is 4.79. The third kappa shape index (κ3) is 3.43. The molecule has 0 aromatic carbocycles. The molecule has 0 aliphatic heterocycles. The van der Waals surface area contributed by atoms with Crippen molar-refractivity contribution < 1.29 is 14.7 Å². The van der Waals surface area contributed by atoms with Gasteiger partial charge in [-0.05, 0) is 39.3 Å². The van der Waals surface area contributed by atoms with Gasteiger partial charge in [-0.1, -0.05) is 0 Å². The lowest BCUT2D eigenvalue weighted by atomic mass is 10.0. The van der Waals surface area contributed by atoms with Crippen LogP contribution in [0.4, 0.5) is 10.5 Å². The van der Waals surface area contributed by atoms with Crippen molar-refractivity contribution in [3.8, 4) is 0 Å². The molecule has 1 aromatic rings. The highest BCUT2D eigenvalue weighted by Crippen LogP contribution is 2.17. The third-order valence-electron chi connectivity index (χ3n) is 2.89. The number of carbonyl (C=O) groups is 2. The van der Waals surface area contributed by atoms with Crippen LogP contribution in [0.2, 0.25) is 0 Å². The zero-order valence-electron chi connectivity index (χ0n) is 11.6. The number of nitrogens with zero attached hydrogens (tertiary/aromatic N) is 2. The van der Waals surface area contributed by atoms with E-state index in [1.165, 1.54) is 24.9 Å². The van der Waals surface area contributed by atoms with Gasteiger partial charge in [-0.2, -0.15) is 0 Å². The van der Waals surface area contributed by atoms with E-state index in [1.54, 1.807) is 19.2 Å². The summed E-state index contributed by atoms with van der Waals surface area (Å²) in [6, 6.07) is 1.31. The molecule has 0 fully saturated rings. The topological polar surface area (TPSA) is 82.5 Å². The number of nitrogens with one attached hydrogen (secondary N) is 1. The van der Waals surface area contributed by atoms with Gasteiger partial charge in [-0.25, -0.2) is 9.59 Å². The number of pyridine rings is 1. The molecule has 6 nitrogen and oxygen atoms in total. The van der Waals surface area contributed by atoms with Crippen molar-refractivity contribution in [2.45, 2.75) is 33.2 Å². The van der Waals surface area contributed by atoms with Crippen molar-refractivity contribution >= 4 is 17.7 Å². The monoisotopic (exact) mass is 265 g/mol. The summed E-state index contributed by atoms with van der Waals surface area (Å²) in [6.45, 7) is 6.88. The first-order valence-electron chi connectivity index (χ1n) is 6.02. The lowest BCUT2D eigenvalue weighted by Crippen LogP contribution is -2.54. The second kappa shape index (κ2) is 5.69. The Kier molecular flexibility index (Phi) is 4.47. The molecule has 19 heavy (non-hydrogen) atoms. The molecular weight excluding hydrogens is 246 g/mol. The van der Waals surface area contributed by atoms with Crippen molar-refractivity contribution in [2.24, 2.45) is 0 Å². The van der Waals surface area contributed by atoms with Crippen LogP contribution in [0.3, 0.4) is 0 Å². The highest BCUT2D eigenvalue weighted by atomic mass is 16.4. The van der Waals surface area contributed by atoms with Gasteiger partial charge >= 0.3 is 12.0 Å². The number of rotatable bonds is 4. The summed E-state index contributed by atoms with van der Waals surface area (Å²) < 4.78 is 0. The van der Waals surface area contributed by atoms with Crippen LogP contribution >= 0.6 is 0 Å². The highest BCUT2D eigenvalue weighted by Gasteiger charge is 2.36. The van der Waals surface area contributed by atoms with Crippen molar-refractivity contribution in [1.82, 2.24) is 9.88 Å². The molecule has 0 saturated heterocycles. The van der Waals surface area contributed by atoms with Gasteiger partial charge in [0.2, 0.25) is 0 Å². The fraction of sp³-hybridized carbons (Fsp3) is 0.462. The van der Waals surface area contributed by atoms with Gasteiger partial charge in [0.05, 0.1) is 11.9 Å². The first-order chi connectivity index (χ1) is 8.78. The average molecular weight is 265 g/mol. The zero-order valence-corrected chi connectivity index (χ0v) is 11.6. The summed E-state index contributed by atoms with van der Waals surface area (Å²) in [5, 5.41) is 11.8. The minimum Gasteiger partial charge on any atom is -0.480 e. The molecule has 0 atom stereocenters. The number of amides is 2. The molecule has 104 valence electrons. The van der Waals surface area contributed by atoms with E-state index >= 15 is 0 Å². The Morgan fingerprint density at radius 3 is 2.53 bits per heavy atom. The van der Waals surface area contributed by atoms with E-state index in [0.717, 1.165) is 5.56 Å². The highest BCUT2D eigenvalue weighted by molar-refractivity contribution is 5.93. The van der Waals surface area contributed by atoms with Crippen molar-refractivity contribution in [3.63, 3.8) is 0 Å². The number of aryl methyl sites for hydroxylation is 1. The normalized spacial score (nSPS) is 10.9. The summed E-state index contributed by atoms with van der Waals surface area (Å²) in [7, 11) is 0. The maximum absolute atomic E-state index is 12.1. The predicted octanol–water partition coefficient (Wildman–Crippen LogP) is 2.11. The SMILES string of the molecule is CCN(C(=O)Nc1cncc(C)c1)C(C)(C)C(=O)O. The Balaban J connectivity index is 2.89. The number of urea groups is 1. The molecule has 0 aliphatic rings. The van der Waals surface area contributed by atoms with Crippen LogP contribution in [0.15, 0.2) is 18.5 Å². The summed E-state index contributed by atoms with van der Waals surface area (Å²) in [4.78, 5) is 28.6. The van der Waals surface area contributed by atoms with Crippen LogP contribution in [-0.2, 0) is 4.79 Å². The molecule has 0 saturated carbocycles. The predicted molar refractivity (Wildman–Crippen MR) is 72.1 cm³/mol. The van der Waals surface area contributed by atoms with Crippen molar-refractivity contribution in [2.75, 3.05) is 11.9 Å². The summed E-state index contributed by atoms with van der Waals surface area (Å²) in [5.41, 5.74) is 0.193. The van der Waals surface area contributed by atoms with Crippen LogP contribution in [0.5, 0.6) is 0 Å². The van der Waals surface area contributed by atoms with Gasteiger partial charge in [0.1, 0.15) is 5.54 Å². The summed E-state index contributed by atoms with van der Waals surface area (Å²) >= 11 is 0. The molecular formula is C13H19N3O3. The average Bonchev–Trinajstić information content (AvgIpc) is 2.29. The minimum absolute atomic E-state index is 0.296. The quantitative estimate of drug-likeness (QED) is 0.873. The molecule has 2 N–H and O–H groups in total. The number of aliphatic carboxylic acids is 1. The molecule has 0 bridgehead atoms. The fourth-order valence-electron chi connectivity index (χ4n) is 1.72. The van der Waals surface area contributed by atoms with Crippen LogP contribution in [0.25, 0.3) is 0 Å². The minimum atomic E-state index is -1.27. The number of hydrogen-bond donors (Lipinski definition) is 2. The van der Waals surface area contributed by atoms with Crippen LogP contribution in [0.1, 0.15) is 26.3 Å². The van der Waals surface area contributed by atoms with Crippen molar-refractivity contribution in [1.29, 1.82) is 0 Å². The molecule has 2 amide bonds. The largest absolute Gasteiger partial charge is 0.480 e. The Labute approximate surface area is 112 Å². The molecule has 0 aliphatic carbocycles. The van der Waals surface area contributed by atoms with Crippen molar-refractivity contribution in [3.05, 3.63) is 24.0 Å². The van der Waals surface area contributed by atoms with E-state index in [1.807, 2.05) is 6.92 Å². The Morgan fingerprint density at radius 2 is 2.05 bits per heavy atom. The molecule has 0 spiro atoms. The number of likely N-dealkylation sites (N-methyl/N-ethyl adjacent to an activating group) is 1. The number of hydrogen-bond acceptors (Lipinski definition) is 3. The Bertz CT molecular complexity index is 486. The molecule has 1 aromatic heterocycles. The lowest BCUT2D eigenvalue weighted by Gasteiger charge is -2.34. The van der Waals surface area contributed by atoms with Gasteiger partial charge in [0, 0.05) is 12.7 Å². The van der Waals surface area contributed by atoms with Gasteiger partial charge < -0.3 is 15.3 Å². The van der Waals surface area contributed by atoms with E-state index in [4.69, 9.17) is 5.11 Å². The van der Waals surface area contributed by atoms with Gasteiger partial charge in [-0.15, -0.1) is 0 Å². The van der Waals surface area contributed by atoms with E-state index in [2.05, 4.69) is 10.3 Å². The first-order valence-corrected chi connectivity index (χ1v) is 6.02. The second-order valence-electron chi connectivity index (χ2n) is 4.79. The van der Waals surface area contributed by atoms with E-state index in [-0.39, 0.29) is 0 Å². The maximum Gasteiger partial charge on any atom is 0.329 e. The first kappa shape index (κ1) is 14.9. The number of carboxylic acids is 1. The number of aromatic nitrogens is 1. The fourth-order valence-corrected chi connectivity index (χ4v) is 1.72. The van der Waals surface area contributed by atoms with Gasteiger partial charge in [-0.3, -0.25) is 4.98 Å². The third-order valence-corrected chi connectivity index (χ3v) is 2.89. The Morgan fingerprint density at radius 1 is 1.42 bits per heavy atom. The van der Waals surface area contributed by atoms with Crippen LogP contribution < -0.4 is 5.32 Å². The number of carbonyl (C=O) groups excluding carboxylic acids is 1. The smallest absolute Gasteiger partial charge is 0.329 e. The van der Waals surface area contributed by atoms with Crippen LogP contribution in [-0.4, -0.2) is 39.1 Å². The summed E-state index contributed by atoms with van der Waals surface area (Å²) in [6.07, 6.45) is 3.20. The maximum atomic E-state index is 12.1. The van der Waals surface area contributed by atoms with Gasteiger partial charge in [0.15, 0.2) is 0 Å². The summed E-state index contributed by atoms with van der Waals surface area (Å²) in [5.74, 6) is -1.05. The van der Waals surface area contributed by atoms with E-state index in [0.29, 0.717) is 12.2 Å². The van der Waals surface area contributed by atoms with E-state index in [9.17, 15) is 9.59 Å². The van der Waals surface area contributed by atoms with Gasteiger partial charge in [0.25, 0.3) is 0 Å². The lowest BCUT2D eigenvalue weighted by molar-refractivity contribution is -0.147. The molecule has 0 unspecified atom stereocenters. The Hall–Kier alpha value is -2.11. The number of carboxylic acid groups (broad SMARTS) is 1. The van der Waals surface area contributed by atoms with E-state index < -0.39 is 17.5 Å².